The van der Waals surface area contributed by atoms with E-state index in [1.165, 1.54) is 100 Å². The fourth-order valence-electron chi connectivity index (χ4n) is 4.92. The molecule has 0 aliphatic heterocycles. The van der Waals surface area contributed by atoms with Gasteiger partial charge in [0.05, 0.1) is 5.69 Å². The molecular formula is C32H49NO2. The third-order valence-corrected chi connectivity index (χ3v) is 7.17. The quantitative estimate of drug-likeness (QED) is 0.259. The number of nitrogens with zero attached hydrogens (tertiary/aromatic N) is 1. The van der Waals surface area contributed by atoms with Gasteiger partial charge in [0.15, 0.2) is 0 Å². The highest BCUT2D eigenvalue weighted by Gasteiger charge is 2.16. The highest BCUT2D eigenvalue weighted by atomic mass is 16.4. The van der Waals surface area contributed by atoms with Crippen LogP contribution >= 0.6 is 0 Å². The Morgan fingerprint density at radius 3 is 1.97 bits per heavy atom. The molecule has 0 spiro atoms. The first-order valence-corrected chi connectivity index (χ1v) is 14.4. The molecule has 1 aromatic carbocycles. The number of pyridine rings is 1. The predicted molar refractivity (Wildman–Crippen MR) is 149 cm³/mol. The third-order valence-electron chi connectivity index (χ3n) is 7.17. The highest BCUT2D eigenvalue weighted by Crippen LogP contribution is 2.34. The number of hydrogen-bond donors (Lipinski definition) is 1. The Morgan fingerprint density at radius 1 is 0.800 bits per heavy atom. The molecule has 35 heavy (non-hydrogen) atoms. The van der Waals surface area contributed by atoms with E-state index in [1.807, 2.05) is 0 Å². The number of carbonyl (C=O) groups is 1. The van der Waals surface area contributed by atoms with Crippen molar-refractivity contribution in [3.63, 3.8) is 0 Å². The zero-order valence-corrected chi connectivity index (χ0v) is 22.4. The van der Waals surface area contributed by atoms with Crippen LogP contribution in [0.5, 0.6) is 0 Å². The van der Waals surface area contributed by atoms with Crippen molar-refractivity contribution in [1.82, 2.24) is 4.98 Å². The molecule has 0 radical (unpaired) electrons. The van der Waals surface area contributed by atoms with Crippen molar-refractivity contribution in [2.45, 2.75) is 129 Å². The molecule has 1 fully saturated rings. The minimum Gasteiger partial charge on any atom is -0.481 e. The first-order chi connectivity index (χ1) is 17.1. The van der Waals surface area contributed by atoms with Crippen LogP contribution < -0.4 is 0 Å². The van der Waals surface area contributed by atoms with Crippen LogP contribution in [0.15, 0.2) is 42.6 Å². The number of rotatable bonds is 15. The van der Waals surface area contributed by atoms with Gasteiger partial charge in [0, 0.05) is 18.2 Å². The standard InChI is InChI=1S/C25H35N.C7H14O2/c1-2-3-4-5-6-7-8-11-21-14-19-25(26-20-21)24-17-15-23(16-18-24)22-12-9-10-13-22;1-2-3-4-5-6-7(8)9/h14-20,22H,2-13H2,1H3;2-6H2,1H3,(H,8,9). The molecule has 0 atom stereocenters. The maximum absolute atomic E-state index is 9.96. The Labute approximate surface area is 214 Å². The van der Waals surface area contributed by atoms with E-state index in [0.29, 0.717) is 6.42 Å². The maximum Gasteiger partial charge on any atom is 0.303 e. The number of aliphatic carboxylic acids is 1. The fraction of sp³-hybridized carbons (Fsp3) is 0.625. The second-order valence-electron chi connectivity index (χ2n) is 10.2. The van der Waals surface area contributed by atoms with Crippen LogP contribution in [-0.2, 0) is 11.2 Å². The summed E-state index contributed by atoms with van der Waals surface area (Å²) in [6, 6.07) is 13.6. The van der Waals surface area contributed by atoms with Gasteiger partial charge < -0.3 is 5.11 Å². The molecule has 0 saturated heterocycles. The Balaban J connectivity index is 0.000000410. The summed E-state index contributed by atoms with van der Waals surface area (Å²) in [4.78, 5) is 14.7. The van der Waals surface area contributed by atoms with E-state index in [4.69, 9.17) is 10.1 Å². The first-order valence-electron chi connectivity index (χ1n) is 14.4. The molecule has 3 nitrogen and oxygen atoms in total. The number of aromatic nitrogens is 1. The zero-order valence-electron chi connectivity index (χ0n) is 22.4. The van der Waals surface area contributed by atoms with Crippen molar-refractivity contribution in [3.05, 3.63) is 53.7 Å². The summed E-state index contributed by atoms with van der Waals surface area (Å²) >= 11 is 0. The molecule has 0 bridgehead atoms. The van der Waals surface area contributed by atoms with Crippen LogP contribution in [0.3, 0.4) is 0 Å². The van der Waals surface area contributed by atoms with Crippen LogP contribution in [0, 0.1) is 0 Å². The van der Waals surface area contributed by atoms with E-state index in [1.54, 1.807) is 0 Å². The lowest BCUT2D eigenvalue weighted by Crippen LogP contribution is -1.93. The molecule has 0 unspecified atom stereocenters. The van der Waals surface area contributed by atoms with Gasteiger partial charge in [0.25, 0.3) is 0 Å². The number of carboxylic acids is 1. The second-order valence-corrected chi connectivity index (χ2v) is 10.2. The van der Waals surface area contributed by atoms with E-state index in [0.717, 1.165) is 30.9 Å². The zero-order chi connectivity index (χ0) is 25.1. The monoisotopic (exact) mass is 479 g/mol. The Hall–Kier alpha value is -2.16. The SMILES string of the molecule is CCCCCCC(=O)O.CCCCCCCCCc1ccc(-c2ccc(C3CCCC3)cc2)nc1. The van der Waals surface area contributed by atoms with E-state index < -0.39 is 5.97 Å². The number of hydrogen-bond acceptors (Lipinski definition) is 2. The third kappa shape index (κ3) is 12.4. The number of unbranched alkanes of at least 4 members (excludes halogenated alkanes) is 9. The van der Waals surface area contributed by atoms with E-state index in [-0.39, 0.29) is 0 Å². The van der Waals surface area contributed by atoms with Gasteiger partial charge in [-0.2, -0.15) is 0 Å². The summed E-state index contributed by atoms with van der Waals surface area (Å²) in [5.41, 5.74) is 5.24. The van der Waals surface area contributed by atoms with Crippen LogP contribution in [0.25, 0.3) is 11.3 Å². The molecule has 194 valence electrons. The molecule has 2 aromatic rings. The molecule has 1 saturated carbocycles. The Bertz CT molecular complexity index is 791. The molecule has 3 rings (SSSR count). The Kier molecular flexibility index (Phi) is 15.1. The van der Waals surface area contributed by atoms with Gasteiger partial charge >= 0.3 is 5.97 Å². The molecular weight excluding hydrogens is 430 g/mol. The van der Waals surface area contributed by atoms with Gasteiger partial charge in [-0.15, -0.1) is 0 Å². The van der Waals surface area contributed by atoms with Crippen LogP contribution in [0.1, 0.15) is 134 Å². The normalized spacial score (nSPS) is 13.4. The predicted octanol–water partition coefficient (Wildman–Crippen LogP) is 9.74. The molecule has 1 aromatic heterocycles. The average Bonchev–Trinajstić information content (AvgIpc) is 3.42. The lowest BCUT2D eigenvalue weighted by molar-refractivity contribution is -0.137. The number of carboxylic acid groups (broad SMARTS) is 1. The molecule has 1 aliphatic carbocycles. The summed E-state index contributed by atoms with van der Waals surface area (Å²) in [5.74, 6) is 0.118. The Morgan fingerprint density at radius 2 is 1.40 bits per heavy atom. The first kappa shape index (κ1) is 29.1. The van der Waals surface area contributed by atoms with Crippen molar-refractivity contribution < 1.29 is 9.90 Å². The summed E-state index contributed by atoms with van der Waals surface area (Å²) in [6.07, 6.45) is 22.9. The van der Waals surface area contributed by atoms with E-state index in [9.17, 15) is 4.79 Å². The smallest absolute Gasteiger partial charge is 0.303 e. The number of benzene rings is 1. The number of aryl methyl sites for hydroxylation is 1. The fourth-order valence-corrected chi connectivity index (χ4v) is 4.92. The van der Waals surface area contributed by atoms with Gasteiger partial charge in [0.1, 0.15) is 0 Å². The van der Waals surface area contributed by atoms with E-state index in [2.05, 4.69) is 56.4 Å². The summed E-state index contributed by atoms with van der Waals surface area (Å²) in [5, 5.41) is 8.21. The lowest BCUT2D eigenvalue weighted by Gasteiger charge is -2.10. The van der Waals surface area contributed by atoms with Gasteiger partial charge in [-0.3, -0.25) is 9.78 Å². The summed E-state index contributed by atoms with van der Waals surface area (Å²) in [6.45, 7) is 4.39. The lowest BCUT2D eigenvalue weighted by atomic mass is 9.96. The van der Waals surface area contributed by atoms with Crippen molar-refractivity contribution >= 4 is 5.97 Å². The van der Waals surface area contributed by atoms with E-state index >= 15 is 0 Å². The molecule has 1 aliphatic rings. The van der Waals surface area contributed by atoms with Gasteiger partial charge in [0.2, 0.25) is 0 Å². The average molecular weight is 480 g/mol. The van der Waals surface area contributed by atoms with Gasteiger partial charge in [-0.25, -0.2) is 0 Å². The topological polar surface area (TPSA) is 50.2 Å². The highest BCUT2D eigenvalue weighted by molar-refractivity contribution is 5.66. The van der Waals surface area contributed by atoms with Gasteiger partial charge in [-0.1, -0.05) is 115 Å². The van der Waals surface area contributed by atoms with Crippen molar-refractivity contribution in [1.29, 1.82) is 0 Å². The molecule has 1 N–H and O–H groups in total. The molecule has 3 heteroatoms. The van der Waals surface area contributed by atoms with Gasteiger partial charge in [-0.05, 0) is 55.2 Å². The largest absolute Gasteiger partial charge is 0.481 e. The minimum atomic E-state index is -0.675. The molecule has 1 heterocycles. The second kappa shape index (κ2) is 18.2. The van der Waals surface area contributed by atoms with Crippen molar-refractivity contribution in [3.8, 4) is 11.3 Å². The maximum atomic E-state index is 9.96. The summed E-state index contributed by atoms with van der Waals surface area (Å²) < 4.78 is 0. The summed E-state index contributed by atoms with van der Waals surface area (Å²) in [7, 11) is 0. The van der Waals surface area contributed by atoms with Crippen LogP contribution in [0.4, 0.5) is 0 Å². The molecule has 0 amide bonds. The van der Waals surface area contributed by atoms with Crippen LogP contribution in [0.2, 0.25) is 0 Å². The van der Waals surface area contributed by atoms with Crippen LogP contribution in [-0.4, -0.2) is 16.1 Å². The minimum absolute atomic E-state index is 0.333. The van der Waals surface area contributed by atoms with Crippen molar-refractivity contribution in [2.75, 3.05) is 0 Å². The van der Waals surface area contributed by atoms with Crippen molar-refractivity contribution in [2.24, 2.45) is 0 Å².